The normalized spacial score (nSPS) is 10.7. The predicted molar refractivity (Wildman–Crippen MR) is 118 cm³/mol. The third kappa shape index (κ3) is 4.45. The second-order valence-corrected chi connectivity index (χ2v) is 7.57. The first-order chi connectivity index (χ1) is 15.8. The molecule has 4 aromatic rings. The molecule has 0 amide bonds. The van der Waals surface area contributed by atoms with E-state index in [0.29, 0.717) is 11.3 Å². The van der Waals surface area contributed by atoms with Crippen LogP contribution in [0.15, 0.2) is 62.9 Å². The topological polar surface area (TPSA) is 126 Å². The summed E-state index contributed by atoms with van der Waals surface area (Å²) in [7, 11) is 0. The molecule has 0 saturated carbocycles. The van der Waals surface area contributed by atoms with Crippen LogP contribution in [0.25, 0.3) is 11.4 Å². The van der Waals surface area contributed by atoms with Crippen LogP contribution in [0.4, 0.5) is 4.39 Å². The van der Waals surface area contributed by atoms with Gasteiger partial charge in [0.05, 0.1) is 17.1 Å². The zero-order valence-electron chi connectivity index (χ0n) is 16.4. The third-order valence-corrected chi connectivity index (χ3v) is 5.24. The van der Waals surface area contributed by atoms with Gasteiger partial charge in [-0.05, 0) is 42.0 Å². The molecule has 0 saturated heterocycles. The molecule has 2 aromatic carbocycles. The summed E-state index contributed by atoms with van der Waals surface area (Å²) >= 11 is 12.8. The molecule has 0 aliphatic rings. The van der Waals surface area contributed by atoms with Crippen LogP contribution < -0.4 is 16.8 Å². The van der Waals surface area contributed by atoms with Crippen LogP contribution in [0.3, 0.4) is 0 Å². The fourth-order valence-electron chi connectivity index (χ4n) is 3.05. The minimum Gasteiger partial charge on any atom is -0.270 e. The molecule has 0 fully saturated rings. The van der Waals surface area contributed by atoms with Gasteiger partial charge in [0.25, 0.3) is 11.1 Å². The van der Waals surface area contributed by atoms with Crippen molar-refractivity contribution in [3.8, 4) is 17.4 Å². The summed E-state index contributed by atoms with van der Waals surface area (Å²) in [5.41, 5.74) is -1.49. The average Bonchev–Trinajstić information content (AvgIpc) is 2.77. The fourth-order valence-corrected chi connectivity index (χ4v) is 3.66. The fraction of sp³-hybridized carbons (Fsp3) is 0.0476. The molecule has 0 atom stereocenters. The maximum Gasteiger partial charge on any atom is 0.349 e. The number of benzene rings is 2. The third-order valence-electron chi connectivity index (χ3n) is 4.57. The number of nitrogens with zero attached hydrogens (tertiary/aromatic N) is 5. The molecule has 4 rings (SSSR count). The highest BCUT2D eigenvalue weighted by Gasteiger charge is 2.15. The predicted octanol–water partition coefficient (Wildman–Crippen LogP) is 2.38. The number of aromatic nitrogens is 5. The Morgan fingerprint density at radius 2 is 1.70 bits per heavy atom. The van der Waals surface area contributed by atoms with Crippen molar-refractivity contribution < 1.29 is 4.39 Å². The van der Waals surface area contributed by atoms with E-state index in [0.717, 1.165) is 9.36 Å². The number of halogens is 3. The molecule has 9 nitrogen and oxygen atoms in total. The van der Waals surface area contributed by atoms with Gasteiger partial charge in [-0.1, -0.05) is 29.3 Å². The van der Waals surface area contributed by atoms with Crippen molar-refractivity contribution in [1.82, 2.24) is 24.5 Å². The zero-order valence-corrected chi connectivity index (χ0v) is 17.9. The highest BCUT2D eigenvalue weighted by atomic mass is 35.5. The summed E-state index contributed by atoms with van der Waals surface area (Å²) in [6, 6.07) is 12.6. The van der Waals surface area contributed by atoms with Gasteiger partial charge in [0, 0.05) is 22.5 Å². The monoisotopic (exact) mass is 484 g/mol. The van der Waals surface area contributed by atoms with Gasteiger partial charge in [-0.2, -0.15) is 19.7 Å². The molecule has 0 aliphatic heterocycles. The van der Waals surface area contributed by atoms with Gasteiger partial charge in [-0.3, -0.25) is 14.6 Å². The Hall–Kier alpha value is -4.07. The first-order valence-electron chi connectivity index (χ1n) is 9.24. The lowest BCUT2D eigenvalue weighted by Gasteiger charge is -2.12. The van der Waals surface area contributed by atoms with Crippen molar-refractivity contribution in [1.29, 1.82) is 5.26 Å². The summed E-state index contributed by atoms with van der Waals surface area (Å²) in [5, 5.41) is 17.3. The van der Waals surface area contributed by atoms with E-state index in [1.54, 1.807) is 12.1 Å². The van der Waals surface area contributed by atoms with Gasteiger partial charge < -0.3 is 0 Å². The average molecular weight is 485 g/mol. The summed E-state index contributed by atoms with van der Waals surface area (Å²) in [6.07, 6.45) is 0.116. The van der Waals surface area contributed by atoms with Crippen molar-refractivity contribution in [3.63, 3.8) is 0 Å². The molecule has 0 aliphatic carbocycles. The second-order valence-electron chi connectivity index (χ2n) is 6.75. The van der Waals surface area contributed by atoms with E-state index in [-0.39, 0.29) is 27.8 Å². The molecule has 2 aromatic heterocycles. The van der Waals surface area contributed by atoms with Crippen molar-refractivity contribution in [3.05, 3.63) is 113 Å². The van der Waals surface area contributed by atoms with Gasteiger partial charge in [-0.15, -0.1) is 5.10 Å². The molecule has 0 bridgehead atoms. The minimum absolute atomic E-state index is 0.116. The highest BCUT2D eigenvalue weighted by molar-refractivity contribution is 6.36. The first-order valence-corrected chi connectivity index (χ1v) is 9.99. The van der Waals surface area contributed by atoms with Crippen molar-refractivity contribution >= 4 is 23.2 Å². The van der Waals surface area contributed by atoms with Crippen LogP contribution >= 0.6 is 23.2 Å². The molecular weight excluding hydrogens is 474 g/mol. The molecule has 164 valence electrons. The summed E-state index contributed by atoms with van der Waals surface area (Å²) in [4.78, 5) is 37.9. The zero-order chi connectivity index (χ0) is 23.7. The molecule has 12 heteroatoms. The van der Waals surface area contributed by atoms with Crippen LogP contribution in [-0.4, -0.2) is 24.5 Å². The van der Waals surface area contributed by atoms with Crippen LogP contribution in [0.2, 0.25) is 10.0 Å². The van der Waals surface area contributed by atoms with E-state index in [2.05, 4.69) is 10.2 Å². The van der Waals surface area contributed by atoms with Crippen LogP contribution in [0.1, 0.15) is 17.0 Å². The Morgan fingerprint density at radius 1 is 0.970 bits per heavy atom. The molecule has 33 heavy (non-hydrogen) atoms. The van der Waals surface area contributed by atoms with Crippen LogP contribution in [-0.2, 0) is 6.42 Å². The van der Waals surface area contributed by atoms with E-state index in [1.807, 2.05) is 4.98 Å². The number of aromatic amines is 1. The molecule has 2 heterocycles. The Balaban J connectivity index is 1.74. The molecule has 0 radical (unpaired) electrons. The van der Waals surface area contributed by atoms with Crippen molar-refractivity contribution in [2.45, 2.75) is 6.42 Å². The lowest BCUT2D eigenvalue weighted by atomic mass is 10.1. The minimum atomic E-state index is -0.910. The Kier molecular flexibility index (Phi) is 5.91. The summed E-state index contributed by atoms with van der Waals surface area (Å²) in [5.74, 6) is -0.515. The van der Waals surface area contributed by atoms with Crippen LogP contribution in [0.5, 0.6) is 0 Å². The standard InChI is InChI=1S/C21H11Cl2FN6O3/c22-16-8-14(30-21(33)26-20(32)18(10-25)28-30)9-17(23)15(16)7-12-4-5-19(31)29(27-12)13-3-1-2-11(24)6-13/h1-6,8-9H,7H2,(H,26,32,33). The summed E-state index contributed by atoms with van der Waals surface area (Å²) < 4.78 is 15.4. The molecular formula is C21H11Cl2FN6O3. The summed E-state index contributed by atoms with van der Waals surface area (Å²) in [6.45, 7) is 0. The molecule has 1 N–H and O–H groups in total. The number of H-pyrrole nitrogens is 1. The smallest absolute Gasteiger partial charge is 0.270 e. The number of nitriles is 1. The largest absolute Gasteiger partial charge is 0.349 e. The van der Waals surface area contributed by atoms with E-state index in [1.165, 1.54) is 42.5 Å². The highest BCUT2D eigenvalue weighted by Crippen LogP contribution is 2.29. The number of hydrogen-bond acceptors (Lipinski definition) is 6. The van der Waals surface area contributed by atoms with Gasteiger partial charge >= 0.3 is 5.69 Å². The van der Waals surface area contributed by atoms with Gasteiger partial charge in [0.2, 0.25) is 5.69 Å². The lowest BCUT2D eigenvalue weighted by Crippen LogP contribution is -2.33. The maximum atomic E-state index is 13.6. The Labute approximate surface area is 193 Å². The number of hydrogen-bond donors (Lipinski definition) is 1. The lowest BCUT2D eigenvalue weighted by molar-refractivity contribution is 0.624. The second kappa shape index (κ2) is 8.82. The quantitative estimate of drug-likeness (QED) is 0.473. The van der Waals surface area contributed by atoms with E-state index in [4.69, 9.17) is 28.5 Å². The van der Waals surface area contributed by atoms with Crippen molar-refractivity contribution in [2.24, 2.45) is 0 Å². The van der Waals surface area contributed by atoms with Gasteiger partial charge in [-0.25, -0.2) is 9.18 Å². The SMILES string of the molecule is N#Cc1nn(-c2cc(Cl)c(Cc3ccc(=O)n(-c4cccc(F)c4)n3)c(Cl)c2)c(=O)[nH]c1=O. The Morgan fingerprint density at radius 3 is 2.36 bits per heavy atom. The molecule has 0 unspecified atom stereocenters. The van der Waals surface area contributed by atoms with E-state index >= 15 is 0 Å². The Bertz CT molecular complexity index is 1600. The number of rotatable bonds is 4. The van der Waals surface area contributed by atoms with E-state index in [9.17, 15) is 18.8 Å². The molecule has 0 spiro atoms. The van der Waals surface area contributed by atoms with E-state index < -0.39 is 28.3 Å². The maximum absolute atomic E-state index is 13.6. The first kappa shape index (κ1) is 22.1. The van der Waals surface area contributed by atoms with Gasteiger partial charge in [0.15, 0.2) is 0 Å². The van der Waals surface area contributed by atoms with Crippen molar-refractivity contribution in [2.75, 3.05) is 0 Å². The number of nitrogens with one attached hydrogen (secondary N) is 1. The van der Waals surface area contributed by atoms with Crippen LogP contribution in [0, 0.1) is 17.1 Å². The van der Waals surface area contributed by atoms with Gasteiger partial charge in [0.1, 0.15) is 11.9 Å².